The molecule has 0 saturated carbocycles. The van der Waals surface area contributed by atoms with Gasteiger partial charge in [-0.1, -0.05) is 72.8 Å². The van der Waals surface area contributed by atoms with E-state index >= 15 is 0 Å². The third-order valence-corrected chi connectivity index (χ3v) is 6.08. The molecule has 2 aromatic carbocycles. The van der Waals surface area contributed by atoms with Crippen LogP contribution in [0.3, 0.4) is 0 Å². The summed E-state index contributed by atoms with van der Waals surface area (Å²) in [5, 5.41) is 14.4. The third kappa shape index (κ3) is 12.1. The average Bonchev–Trinajstić information content (AvgIpc) is 2.95. The Morgan fingerprint density at radius 3 is 2.18 bits per heavy atom. The highest BCUT2D eigenvalue weighted by atomic mass is 16.5. The fourth-order valence-electron chi connectivity index (χ4n) is 4.05. The van der Waals surface area contributed by atoms with Crippen molar-refractivity contribution in [1.82, 2.24) is 10.6 Å². The smallest absolute Gasteiger partial charge is 0.309 e. The number of benzene rings is 2. The van der Waals surface area contributed by atoms with Gasteiger partial charge in [0.2, 0.25) is 11.8 Å². The van der Waals surface area contributed by atoms with Crippen LogP contribution in [0.25, 0.3) is 0 Å². The fraction of sp³-hybridized carbons (Fsp3) is 0.387. The molecular formula is C31H40N2O6. The highest BCUT2D eigenvalue weighted by Gasteiger charge is 2.26. The zero-order valence-corrected chi connectivity index (χ0v) is 22.4. The van der Waals surface area contributed by atoms with Gasteiger partial charge in [0.15, 0.2) is 0 Å². The molecule has 0 aliphatic heterocycles. The van der Waals surface area contributed by atoms with Crippen molar-refractivity contribution in [3.05, 3.63) is 97.1 Å². The van der Waals surface area contributed by atoms with Gasteiger partial charge in [-0.15, -0.1) is 13.2 Å². The van der Waals surface area contributed by atoms with E-state index in [0.29, 0.717) is 19.3 Å². The van der Waals surface area contributed by atoms with Crippen molar-refractivity contribution in [2.45, 2.75) is 31.7 Å². The molecule has 39 heavy (non-hydrogen) atoms. The Morgan fingerprint density at radius 2 is 1.54 bits per heavy atom. The molecule has 8 heteroatoms. The van der Waals surface area contributed by atoms with Gasteiger partial charge in [-0.2, -0.15) is 0 Å². The molecule has 0 fully saturated rings. The summed E-state index contributed by atoms with van der Waals surface area (Å²) in [5.74, 6) is -2.02. The number of rotatable bonds is 19. The SMILES string of the molecule is C=CC[C@@H](CC(=O)NCCOCCO)C(=O)N[C@H](COC(=O)[C@H](CC=C)Cc1ccccc1)c1ccccc1. The van der Waals surface area contributed by atoms with Crippen LogP contribution in [0.4, 0.5) is 0 Å². The Bertz CT molecular complexity index is 1030. The van der Waals surface area contributed by atoms with Gasteiger partial charge in [-0.3, -0.25) is 14.4 Å². The third-order valence-electron chi connectivity index (χ3n) is 6.08. The maximum Gasteiger partial charge on any atom is 0.309 e. The maximum atomic E-state index is 13.2. The van der Waals surface area contributed by atoms with E-state index in [0.717, 1.165) is 11.1 Å². The molecule has 2 amide bonds. The van der Waals surface area contributed by atoms with Crippen molar-refractivity contribution >= 4 is 17.8 Å². The number of amides is 2. The molecule has 0 spiro atoms. The summed E-state index contributed by atoms with van der Waals surface area (Å²) < 4.78 is 10.9. The van der Waals surface area contributed by atoms with Crippen molar-refractivity contribution in [3.8, 4) is 0 Å². The number of esters is 1. The number of nitrogens with one attached hydrogen (secondary N) is 2. The van der Waals surface area contributed by atoms with Crippen LogP contribution in [-0.2, 0) is 30.3 Å². The number of aliphatic hydroxyl groups excluding tert-OH is 1. The van der Waals surface area contributed by atoms with E-state index in [4.69, 9.17) is 14.6 Å². The number of carbonyl (C=O) groups is 3. The molecule has 3 N–H and O–H groups in total. The van der Waals surface area contributed by atoms with Gasteiger partial charge in [0.25, 0.3) is 0 Å². The van der Waals surface area contributed by atoms with Crippen molar-refractivity contribution in [3.63, 3.8) is 0 Å². The lowest BCUT2D eigenvalue weighted by molar-refractivity contribution is -0.150. The van der Waals surface area contributed by atoms with Gasteiger partial charge in [-0.05, 0) is 30.4 Å². The largest absolute Gasteiger partial charge is 0.463 e. The normalized spacial score (nSPS) is 12.9. The van der Waals surface area contributed by atoms with Crippen LogP contribution in [0.15, 0.2) is 86.0 Å². The summed E-state index contributed by atoms with van der Waals surface area (Å²) in [4.78, 5) is 38.7. The predicted octanol–water partition coefficient (Wildman–Crippen LogP) is 3.53. The number of carbonyl (C=O) groups excluding carboxylic acids is 3. The minimum Gasteiger partial charge on any atom is -0.463 e. The molecule has 0 radical (unpaired) electrons. The van der Waals surface area contributed by atoms with Crippen molar-refractivity contribution < 1.29 is 29.0 Å². The van der Waals surface area contributed by atoms with Gasteiger partial charge >= 0.3 is 5.97 Å². The highest BCUT2D eigenvalue weighted by Crippen LogP contribution is 2.20. The average molecular weight is 537 g/mol. The Labute approximate surface area is 231 Å². The molecule has 2 rings (SSSR count). The molecule has 0 aliphatic rings. The summed E-state index contributed by atoms with van der Waals surface area (Å²) in [6.45, 7) is 8.10. The van der Waals surface area contributed by atoms with E-state index in [1.165, 1.54) is 0 Å². The van der Waals surface area contributed by atoms with Crippen LogP contribution in [0.2, 0.25) is 0 Å². The van der Waals surface area contributed by atoms with Gasteiger partial charge in [0.1, 0.15) is 6.61 Å². The molecule has 0 aliphatic carbocycles. The first-order valence-electron chi connectivity index (χ1n) is 13.2. The highest BCUT2D eigenvalue weighted by molar-refractivity contribution is 5.86. The Hall–Kier alpha value is -3.75. The summed E-state index contributed by atoms with van der Waals surface area (Å²) in [7, 11) is 0. The standard InChI is InChI=1S/C31H40N2O6/c1-3-11-26(22-29(35)32-17-19-38-20-18-34)30(36)33-28(25-15-9-6-10-16-25)23-39-31(37)27(12-4-2)21-24-13-7-5-8-14-24/h3-10,13-16,26-28,34H,1-2,11-12,17-23H2,(H,32,35)(H,33,36)/t26-,27+,28+/m0/s1. The number of allylic oxidation sites excluding steroid dienone is 2. The number of hydrogen-bond donors (Lipinski definition) is 3. The van der Waals surface area contributed by atoms with Gasteiger partial charge < -0.3 is 25.2 Å². The summed E-state index contributed by atoms with van der Waals surface area (Å²) in [6, 6.07) is 18.4. The van der Waals surface area contributed by atoms with E-state index in [-0.39, 0.29) is 57.2 Å². The Kier molecular flexibility index (Phi) is 14.9. The van der Waals surface area contributed by atoms with Gasteiger partial charge in [0.05, 0.1) is 37.7 Å². The van der Waals surface area contributed by atoms with E-state index in [1.807, 2.05) is 60.7 Å². The summed E-state index contributed by atoms with van der Waals surface area (Å²) in [6.07, 6.45) is 4.57. The fourth-order valence-corrected chi connectivity index (χ4v) is 4.05. The zero-order chi connectivity index (χ0) is 28.3. The first kappa shape index (κ1) is 31.5. The molecule has 8 nitrogen and oxygen atoms in total. The van der Waals surface area contributed by atoms with Gasteiger partial charge in [0, 0.05) is 13.0 Å². The minimum atomic E-state index is -0.644. The predicted molar refractivity (Wildman–Crippen MR) is 151 cm³/mol. The molecule has 0 saturated heterocycles. The number of aliphatic hydroxyl groups is 1. The quantitative estimate of drug-likeness (QED) is 0.144. The van der Waals surface area contributed by atoms with Gasteiger partial charge in [-0.25, -0.2) is 0 Å². The first-order chi connectivity index (χ1) is 19.0. The summed E-state index contributed by atoms with van der Waals surface area (Å²) in [5.41, 5.74) is 1.81. The Morgan fingerprint density at radius 1 is 0.897 bits per heavy atom. The molecule has 0 bridgehead atoms. The first-order valence-corrected chi connectivity index (χ1v) is 13.2. The van der Waals surface area contributed by atoms with Crippen molar-refractivity contribution in [2.24, 2.45) is 11.8 Å². The van der Waals surface area contributed by atoms with Crippen molar-refractivity contribution in [2.75, 3.05) is 33.0 Å². The molecule has 3 atom stereocenters. The molecule has 2 aromatic rings. The lowest BCUT2D eigenvalue weighted by Gasteiger charge is -2.24. The molecule has 210 valence electrons. The second-order valence-electron chi connectivity index (χ2n) is 9.12. The number of hydrogen-bond acceptors (Lipinski definition) is 6. The molecule has 0 unspecified atom stereocenters. The van der Waals surface area contributed by atoms with E-state index in [1.54, 1.807) is 12.2 Å². The summed E-state index contributed by atoms with van der Waals surface area (Å²) >= 11 is 0. The lowest BCUT2D eigenvalue weighted by Crippen LogP contribution is -2.39. The topological polar surface area (TPSA) is 114 Å². The molecule has 0 heterocycles. The molecule has 0 aromatic heterocycles. The second-order valence-corrected chi connectivity index (χ2v) is 9.12. The van der Waals surface area contributed by atoms with Crippen LogP contribution in [-0.4, -0.2) is 55.9 Å². The monoisotopic (exact) mass is 536 g/mol. The maximum absolute atomic E-state index is 13.2. The van der Waals surface area contributed by atoms with E-state index in [2.05, 4.69) is 23.8 Å². The van der Waals surface area contributed by atoms with Crippen LogP contribution in [0.5, 0.6) is 0 Å². The van der Waals surface area contributed by atoms with E-state index < -0.39 is 17.9 Å². The van der Waals surface area contributed by atoms with Crippen LogP contribution in [0, 0.1) is 11.8 Å². The number of ether oxygens (including phenoxy) is 2. The second kappa shape index (κ2) is 18.5. The van der Waals surface area contributed by atoms with Crippen LogP contribution >= 0.6 is 0 Å². The Balaban J connectivity index is 2.04. The molecular weight excluding hydrogens is 496 g/mol. The van der Waals surface area contributed by atoms with Crippen molar-refractivity contribution in [1.29, 1.82) is 0 Å². The van der Waals surface area contributed by atoms with Crippen LogP contribution < -0.4 is 10.6 Å². The van der Waals surface area contributed by atoms with Crippen LogP contribution in [0.1, 0.15) is 36.4 Å². The minimum absolute atomic E-state index is 0.0301. The zero-order valence-electron chi connectivity index (χ0n) is 22.4. The van der Waals surface area contributed by atoms with E-state index in [9.17, 15) is 14.4 Å². The lowest BCUT2D eigenvalue weighted by atomic mass is 9.96.